The molecule has 1 N–H and O–H groups in total. The fraction of sp³-hybridized carbons (Fsp3) is 0.350. The van der Waals surface area contributed by atoms with E-state index in [1.807, 2.05) is 30.3 Å². The van der Waals surface area contributed by atoms with Crippen molar-refractivity contribution in [1.29, 1.82) is 0 Å². The summed E-state index contributed by atoms with van der Waals surface area (Å²) in [5.74, 6) is 1.07. The third kappa shape index (κ3) is 3.60. The Labute approximate surface area is 153 Å². The van der Waals surface area contributed by atoms with Crippen molar-refractivity contribution in [3.8, 4) is 11.5 Å². The van der Waals surface area contributed by atoms with Crippen LogP contribution < -0.4 is 19.7 Å². The molecule has 2 aromatic rings. The van der Waals surface area contributed by atoms with E-state index in [4.69, 9.17) is 9.47 Å². The summed E-state index contributed by atoms with van der Waals surface area (Å²) in [5, 5.41) is 2.91. The van der Waals surface area contributed by atoms with Crippen LogP contribution in [0.1, 0.15) is 0 Å². The number of nitrogens with one attached hydrogen (secondary N) is 1. The van der Waals surface area contributed by atoms with Gasteiger partial charge in [-0.25, -0.2) is 0 Å². The molecule has 0 saturated carbocycles. The van der Waals surface area contributed by atoms with Gasteiger partial charge in [-0.1, -0.05) is 12.1 Å². The third-order valence-electron chi connectivity index (χ3n) is 4.80. The number of amides is 1. The van der Waals surface area contributed by atoms with Crippen LogP contribution in [-0.4, -0.2) is 56.7 Å². The Kier molecular flexibility index (Phi) is 4.67. The molecule has 0 spiro atoms. The molecule has 0 bridgehead atoms. The molecular weight excluding hydrogens is 330 g/mol. The van der Waals surface area contributed by atoms with Gasteiger partial charge in [-0.2, -0.15) is 0 Å². The highest BCUT2D eigenvalue weighted by Crippen LogP contribution is 2.31. The number of carbonyl (C=O) groups is 1. The van der Waals surface area contributed by atoms with E-state index < -0.39 is 6.10 Å². The summed E-state index contributed by atoms with van der Waals surface area (Å²) in [4.78, 5) is 17.2. The van der Waals surface area contributed by atoms with E-state index in [2.05, 4.69) is 34.3 Å². The van der Waals surface area contributed by atoms with Gasteiger partial charge in [0, 0.05) is 37.6 Å². The standard InChI is InChI=1S/C20H23N3O3/c1-22-10-12-23(13-11-22)16-8-6-15(7-9-16)21-20(24)19-14-25-17-4-2-3-5-18(17)26-19/h2-9,19H,10-14H2,1H3,(H,21,24)/t19-/m0/s1. The first-order valence-corrected chi connectivity index (χ1v) is 8.92. The van der Waals surface area contributed by atoms with Crippen LogP contribution in [0.15, 0.2) is 48.5 Å². The Morgan fingerprint density at radius 2 is 1.69 bits per heavy atom. The Hall–Kier alpha value is -2.73. The highest BCUT2D eigenvalue weighted by atomic mass is 16.6. The topological polar surface area (TPSA) is 54.0 Å². The first-order chi connectivity index (χ1) is 12.7. The fourth-order valence-electron chi connectivity index (χ4n) is 3.19. The molecule has 2 aliphatic heterocycles. The number of benzene rings is 2. The van der Waals surface area contributed by atoms with Gasteiger partial charge in [0.15, 0.2) is 11.5 Å². The van der Waals surface area contributed by atoms with Crippen molar-refractivity contribution in [3.05, 3.63) is 48.5 Å². The van der Waals surface area contributed by atoms with Crippen LogP contribution in [0.25, 0.3) is 0 Å². The minimum atomic E-state index is -0.651. The van der Waals surface area contributed by atoms with E-state index >= 15 is 0 Å². The van der Waals surface area contributed by atoms with Gasteiger partial charge in [0.2, 0.25) is 6.10 Å². The smallest absolute Gasteiger partial charge is 0.269 e. The average molecular weight is 353 g/mol. The van der Waals surface area contributed by atoms with Gasteiger partial charge in [-0.15, -0.1) is 0 Å². The Morgan fingerprint density at radius 1 is 1.00 bits per heavy atom. The summed E-state index contributed by atoms with van der Waals surface area (Å²) in [6.45, 7) is 4.39. The van der Waals surface area contributed by atoms with Crippen molar-refractivity contribution in [3.63, 3.8) is 0 Å². The second-order valence-electron chi connectivity index (χ2n) is 6.69. The Morgan fingerprint density at radius 3 is 2.42 bits per heavy atom. The normalized spacial score (nSPS) is 19.9. The number of likely N-dealkylation sites (N-methyl/N-ethyl adjacent to an activating group) is 1. The van der Waals surface area contributed by atoms with E-state index in [0.717, 1.165) is 31.9 Å². The molecule has 2 aromatic carbocycles. The van der Waals surface area contributed by atoms with Crippen molar-refractivity contribution < 1.29 is 14.3 Å². The maximum absolute atomic E-state index is 12.5. The van der Waals surface area contributed by atoms with Gasteiger partial charge in [0.25, 0.3) is 5.91 Å². The van der Waals surface area contributed by atoms with E-state index in [-0.39, 0.29) is 12.5 Å². The summed E-state index contributed by atoms with van der Waals surface area (Å²) in [6.07, 6.45) is -0.651. The highest BCUT2D eigenvalue weighted by molar-refractivity contribution is 5.94. The molecular formula is C20H23N3O3. The second-order valence-corrected chi connectivity index (χ2v) is 6.69. The van der Waals surface area contributed by atoms with Crippen molar-refractivity contribution in [2.75, 3.05) is 50.1 Å². The highest BCUT2D eigenvalue weighted by Gasteiger charge is 2.27. The first-order valence-electron chi connectivity index (χ1n) is 8.92. The third-order valence-corrected chi connectivity index (χ3v) is 4.80. The van der Waals surface area contributed by atoms with Gasteiger partial charge in [-0.3, -0.25) is 4.79 Å². The van der Waals surface area contributed by atoms with Crippen LogP contribution >= 0.6 is 0 Å². The number of ether oxygens (including phenoxy) is 2. The van der Waals surface area contributed by atoms with Crippen LogP contribution in [0, 0.1) is 0 Å². The van der Waals surface area contributed by atoms with Gasteiger partial charge in [-0.05, 0) is 43.4 Å². The van der Waals surface area contributed by atoms with Crippen LogP contribution in [0.3, 0.4) is 0 Å². The summed E-state index contributed by atoms with van der Waals surface area (Å²) in [6, 6.07) is 15.3. The second kappa shape index (κ2) is 7.25. The van der Waals surface area contributed by atoms with Gasteiger partial charge in [0.1, 0.15) is 6.61 Å². The van der Waals surface area contributed by atoms with Crippen molar-refractivity contribution >= 4 is 17.3 Å². The molecule has 1 atom stereocenters. The molecule has 2 heterocycles. The number of hydrogen-bond donors (Lipinski definition) is 1. The van der Waals surface area contributed by atoms with Gasteiger partial charge >= 0.3 is 0 Å². The number of carbonyl (C=O) groups excluding carboxylic acids is 1. The fourth-order valence-corrected chi connectivity index (χ4v) is 3.19. The van der Waals surface area contributed by atoms with Crippen LogP contribution in [0.4, 0.5) is 11.4 Å². The molecule has 0 aliphatic carbocycles. The molecule has 0 radical (unpaired) electrons. The Bertz CT molecular complexity index is 770. The number of hydrogen-bond acceptors (Lipinski definition) is 5. The molecule has 6 heteroatoms. The number of anilines is 2. The van der Waals surface area contributed by atoms with E-state index in [1.165, 1.54) is 5.69 Å². The minimum absolute atomic E-state index is 0.202. The molecule has 6 nitrogen and oxygen atoms in total. The van der Waals surface area contributed by atoms with Gasteiger partial charge < -0.3 is 24.6 Å². The summed E-state index contributed by atoms with van der Waals surface area (Å²) in [7, 11) is 2.14. The molecule has 136 valence electrons. The van der Waals surface area contributed by atoms with Crippen LogP contribution in [0.2, 0.25) is 0 Å². The largest absolute Gasteiger partial charge is 0.485 e. The number of rotatable bonds is 3. The summed E-state index contributed by atoms with van der Waals surface area (Å²) >= 11 is 0. The minimum Gasteiger partial charge on any atom is -0.485 e. The molecule has 1 fully saturated rings. The monoisotopic (exact) mass is 353 g/mol. The zero-order chi connectivity index (χ0) is 17.9. The molecule has 4 rings (SSSR count). The van der Waals surface area contributed by atoms with E-state index in [0.29, 0.717) is 11.5 Å². The summed E-state index contributed by atoms with van der Waals surface area (Å²) in [5.41, 5.74) is 1.94. The maximum Gasteiger partial charge on any atom is 0.269 e. The first kappa shape index (κ1) is 16.7. The Balaban J connectivity index is 1.36. The lowest BCUT2D eigenvalue weighted by Crippen LogP contribution is -2.44. The lowest BCUT2D eigenvalue weighted by molar-refractivity contribution is -0.125. The molecule has 26 heavy (non-hydrogen) atoms. The number of para-hydroxylation sites is 2. The predicted octanol–water partition coefficient (Wildman–Crippen LogP) is 2.22. The maximum atomic E-state index is 12.5. The van der Waals surface area contributed by atoms with E-state index in [1.54, 1.807) is 6.07 Å². The van der Waals surface area contributed by atoms with E-state index in [9.17, 15) is 4.79 Å². The van der Waals surface area contributed by atoms with Crippen molar-refractivity contribution in [2.45, 2.75) is 6.10 Å². The average Bonchev–Trinajstić information content (AvgIpc) is 2.69. The SMILES string of the molecule is CN1CCN(c2ccc(NC(=O)[C@@H]3COc4ccccc4O3)cc2)CC1. The molecule has 0 unspecified atom stereocenters. The number of piperazine rings is 1. The molecule has 2 aliphatic rings. The quantitative estimate of drug-likeness (QED) is 0.917. The molecule has 1 saturated heterocycles. The van der Waals surface area contributed by atoms with Crippen LogP contribution in [0.5, 0.6) is 11.5 Å². The lowest BCUT2D eigenvalue weighted by atomic mass is 10.2. The zero-order valence-electron chi connectivity index (χ0n) is 14.9. The summed E-state index contributed by atoms with van der Waals surface area (Å²) < 4.78 is 11.4. The van der Waals surface area contributed by atoms with Crippen molar-refractivity contribution in [2.24, 2.45) is 0 Å². The van der Waals surface area contributed by atoms with Gasteiger partial charge in [0.05, 0.1) is 0 Å². The predicted molar refractivity (Wildman–Crippen MR) is 101 cm³/mol. The molecule has 0 aromatic heterocycles. The number of nitrogens with zero attached hydrogens (tertiary/aromatic N) is 2. The molecule has 1 amide bonds. The lowest BCUT2D eigenvalue weighted by Gasteiger charge is -2.34. The van der Waals surface area contributed by atoms with Crippen molar-refractivity contribution in [1.82, 2.24) is 4.90 Å². The number of fused-ring (bicyclic) bond motifs is 1. The van der Waals surface area contributed by atoms with Crippen LogP contribution in [-0.2, 0) is 4.79 Å². The zero-order valence-corrected chi connectivity index (χ0v) is 14.9.